The van der Waals surface area contributed by atoms with Gasteiger partial charge in [0.05, 0.1) is 0 Å². The third-order valence-corrected chi connectivity index (χ3v) is 4.83. The van der Waals surface area contributed by atoms with Crippen molar-refractivity contribution in [2.75, 3.05) is 19.6 Å². The van der Waals surface area contributed by atoms with Crippen molar-refractivity contribution in [3.05, 3.63) is 0 Å². The molecule has 4 nitrogen and oxygen atoms in total. The number of nitrogens with one attached hydrogen (secondary N) is 2. The van der Waals surface area contributed by atoms with Gasteiger partial charge in [-0.05, 0) is 45.4 Å². The van der Waals surface area contributed by atoms with Crippen LogP contribution in [0.4, 0.5) is 0 Å². The zero-order valence-corrected chi connectivity index (χ0v) is 15.8. The zero-order chi connectivity index (χ0) is 13.9. The van der Waals surface area contributed by atoms with E-state index >= 15 is 0 Å². The molecule has 0 spiro atoms. The predicted molar refractivity (Wildman–Crippen MR) is 99.5 cm³/mol. The van der Waals surface area contributed by atoms with Crippen molar-refractivity contribution in [2.45, 2.75) is 70.5 Å². The molecule has 2 unspecified atom stereocenters. The van der Waals surface area contributed by atoms with E-state index in [4.69, 9.17) is 4.99 Å². The summed E-state index contributed by atoms with van der Waals surface area (Å²) in [5, 5.41) is 7.05. The Labute approximate surface area is 146 Å². The van der Waals surface area contributed by atoms with Gasteiger partial charge in [0.25, 0.3) is 0 Å². The van der Waals surface area contributed by atoms with Crippen LogP contribution in [0.2, 0.25) is 0 Å². The van der Waals surface area contributed by atoms with E-state index in [1.54, 1.807) is 0 Å². The molecule has 1 aliphatic heterocycles. The Balaban J connectivity index is 0.00000161. The molecule has 0 amide bonds. The van der Waals surface area contributed by atoms with Gasteiger partial charge in [0.1, 0.15) is 0 Å². The van der Waals surface area contributed by atoms with E-state index in [1.165, 1.54) is 45.1 Å². The summed E-state index contributed by atoms with van der Waals surface area (Å²) in [6, 6.07) is 2.19. The van der Waals surface area contributed by atoms with E-state index in [9.17, 15) is 0 Å². The molecule has 122 valence electrons. The zero-order valence-electron chi connectivity index (χ0n) is 13.5. The minimum Gasteiger partial charge on any atom is -0.357 e. The first-order valence-corrected chi connectivity index (χ1v) is 8.57. The maximum Gasteiger partial charge on any atom is 0.191 e. The first kappa shape index (κ1) is 17.3. The molecule has 3 rings (SSSR count). The van der Waals surface area contributed by atoms with Crippen molar-refractivity contribution < 1.29 is 0 Å². The summed E-state index contributed by atoms with van der Waals surface area (Å²) >= 11 is 0. The van der Waals surface area contributed by atoms with Crippen LogP contribution in [0.5, 0.6) is 0 Å². The summed E-state index contributed by atoms with van der Waals surface area (Å²) in [7, 11) is 0. The van der Waals surface area contributed by atoms with Crippen LogP contribution in [0.15, 0.2) is 4.99 Å². The molecule has 5 heteroatoms. The number of guanidine groups is 1. The average Bonchev–Trinajstić information content (AvgIpc) is 3.31. The number of rotatable bonds is 6. The van der Waals surface area contributed by atoms with Gasteiger partial charge in [-0.25, -0.2) is 0 Å². The molecule has 2 N–H and O–H groups in total. The minimum atomic E-state index is 0. The van der Waals surface area contributed by atoms with Gasteiger partial charge in [0, 0.05) is 37.8 Å². The Kier molecular flexibility index (Phi) is 6.59. The van der Waals surface area contributed by atoms with Gasteiger partial charge in [-0.1, -0.05) is 12.8 Å². The number of likely N-dealkylation sites (tertiary alicyclic amines) is 1. The fourth-order valence-electron chi connectivity index (χ4n) is 3.35. The highest BCUT2D eigenvalue weighted by Gasteiger charge is 2.38. The second kappa shape index (κ2) is 7.99. The monoisotopic (exact) mass is 406 g/mol. The van der Waals surface area contributed by atoms with E-state index in [0.717, 1.165) is 37.1 Å². The molecule has 1 heterocycles. The standard InChI is InChI=1S/C16H30N4.HI/c1-3-17-16(18-9-8-13-4-5-13)19-14-10-12(2)20(11-14)15-6-7-15;/h12-15H,3-11H2,1-2H3,(H2,17,18,19);1H. The van der Waals surface area contributed by atoms with Crippen LogP contribution >= 0.6 is 24.0 Å². The lowest BCUT2D eigenvalue weighted by atomic mass is 10.2. The van der Waals surface area contributed by atoms with E-state index in [2.05, 4.69) is 29.4 Å². The van der Waals surface area contributed by atoms with Crippen molar-refractivity contribution in [3.63, 3.8) is 0 Å². The number of halogens is 1. The van der Waals surface area contributed by atoms with Gasteiger partial charge >= 0.3 is 0 Å². The van der Waals surface area contributed by atoms with Crippen molar-refractivity contribution in [2.24, 2.45) is 10.9 Å². The molecule has 21 heavy (non-hydrogen) atoms. The molecule has 0 radical (unpaired) electrons. The van der Waals surface area contributed by atoms with Crippen LogP contribution in [0, 0.1) is 5.92 Å². The molecule has 3 aliphatic rings. The largest absolute Gasteiger partial charge is 0.357 e. The maximum absolute atomic E-state index is 4.74. The quantitative estimate of drug-likeness (QED) is 0.405. The lowest BCUT2D eigenvalue weighted by Gasteiger charge is -2.20. The fourth-order valence-corrected chi connectivity index (χ4v) is 3.35. The summed E-state index contributed by atoms with van der Waals surface area (Å²) in [6.07, 6.45) is 8.19. The highest BCUT2D eigenvalue weighted by molar-refractivity contribution is 14.0. The molecule has 2 aliphatic carbocycles. The second-order valence-corrected chi connectivity index (χ2v) is 6.85. The summed E-state index contributed by atoms with van der Waals surface area (Å²) in [5.74, 6) is 2.00. The Morgan fingerprint density at radius 3 is 2.62 bits per heavy atom. The Hall–Kier alpha value is -0.0400. The van der Waals surface area contributed by atoms with Gasteiger partial charge < -0.3 is 10.6 Å². The van der Waals surface area contributed by atoms with Gasteiger partial charge in [-0.15, -0.1) is 24.0 Å². The van der Waals surface area contributed by atoms with Crippen molar-refractivity contribution in [1.29, 1.82) is 0 Å². The summed E-state index contributed by atoms with van der Waals surface area (Å²) in [5.41, 5.74) is 0. The van der Waals surface area contributed by atoms with Crippen LogP contribution in [0.25, 0.3) is 0 Å². The molecule has 0 bridgehead atoms. The van der Waals surface area contributed by atoms with E-state index in [-0.39, 0.29) is 24.0 Å². The number of aliphatic imine (C=N–C) groups is 1. The topological polar surface area (TPSA) is 39.7 Å². The third-order valence-electron chi connectivity index (χ3n) is 4.83. The third kappa shape index (κ3) is 5.27. The Morgan fingerprint density at radius 2 is 2.00 bits per heavy atom. The maximum atomic E-state index is 4.74. The average molecular weight is 406 g/mol. The Bertz CT molecular complexity index is 352. The van der Waals surface area contributed by atoms with Crippen molar-refractivity contribution in [3.8, 4) is 0 Å². The van der Waals surface area contributed by atoms with E-state index < -0.39 is 0 Å². The van der Waals surface area contributed by atoms with Gasteiger partial charge in [0.2, 0.25) is 0 Å². The lowest BCUT2D eigenvalue weighted by Crippen LogP contribution is -2.44. The normalized spacial score (nSPS) is 30.1. The number of hydrogen-bond donors (Lipinski definition) is 2. The smallest absolute Gasteiger partial charge is 0.191 e. The summed E-state index contributed by atoms with van der Waals surface area (Å²) < 4.78 is 0. The molecule has 3 fully saturated rings. The van der Waals surface area contributed by atoms with Crippen LogP contribution < -0.4 is 10.6 Å². The van der Waals surface area contributed by atoms with Gasteiger partial charge in [0.15, 0.2) is 5.96 Å². The minimum absolute atomic E-state index is 0. The predicted octanol–water partition coefficient (Wildman–Crippen LogP) is 2.58. The van der Waals surface area contributed by atoms with Gasteiger partial charge in [-0.2, -0.15) is 0 Å². The Morgan fingerprint density at radius 1 is 1.24 bits per heavy atom. The van der Waals surface area contributed by atoms with Crippen LogP contribution in [-0.2, 0) is 0 Å². The first-order valence-electron chi connectivity index (χ1n) is 8.57. The number of hydrogen-bond acceptors (Lipinski definition) is 2. The number of nitrogens with zero attached hydrogens (tertiary/aromatic N) is 2. The van der Waals surface area contributed by atoms with Crippen LogP contribution in [0.1, 0.15) is 52.4 Å². The van der Waals surface area contributed by atoms with Crippen LogP contribution in [0.3, 0.4) is 0 Å². The summed E-state index contributed by atoms with van der Waals surface area (Å²) in [4.78, 5) is 7.43. The molecular weight excluding hydrogens is 375 g/mol. The van der Waals surface area contributed by atoms with E-state index in [1.807, 2.05) is 0 Å². The molecule has 2 atom stereocenters. The molecule has 1 saturated heterocycles. The highest BCUT2D eigenvalue weighted by Crippen LogP contribution is 2.33. The SMILES string of the molecule is CCNC(=NCCC1CC1)NC1CC(C)N(C2CC2)C1.I. The lowest BCUT2D eigenvalue weighted by molar-refractivity contribution is 0.256. The molecule has 0 aromatic heterocycles. The molecule has 2 saturated carbocycles. The summed E-state index contributed by atoms with van der Waals surface area (Å²) in [6.45, 7) is 7.64. The molecule has 0 aromatic carbocycles. The molecule has 0 aromatic rings. The first-order chi connectivity index (χ1) is 9.76. The molecular formula is C16H31IN4. The van der Waals surface area contributed by atoms with Crippen molar-refractivity contribution in [1.82, 2.24) is 15.5 Å². The van der Waals surface area contributed by atoms with E-state index in [0.29, 0.717) is 6.04 Å². The van der Waals surface area contributed by atoms with Crippen LogP contribution in [-0.4, -0.2) is 48.6 Å². The van der Waals surface area contributed by atoms with Gasteiger partial charge in [-0.3, -0.25) is 9.89 Å². The fraction of sp³-hybridized carbons (Fsp3) is 0.938. The second-order valence-electron chi connectivity index (χ2n) is 6.85. The highest BCUT2D eigenvalue weighted by atomic mass is 127. The van der Waals surface area contributed by atoms with Crippen molar-refractivity contribution >= 4 is 29.9 Å².